The van der Waals surface area contributed by atoms with Crippen LogP contribution in [0.2, 0.25) is 10.0 Å². The van der Waals surface area contributed by atoms with Gasteiger partial charge in [0.2, 0.25) is 10.0 Å². The molecule has 2 aromatic rings. The van der Waals surface area contributed by atoms with Crippen molar-refractivity contribution in [3.05, 3.63) is 46.2 Å². The summed E-state index contributed by atoms with van der Waals surface area (Å²) in [5, 5.41) is 7.05. The summed E-state index contributed by atoms with van der Waals surface area (Å²) < 4.78 is 25.5. The average Bonchev–Trinajstić information content (AvgIpc) is 2.86. The van der Waals surface area contributed by atoms with E-state index in [2.05, 4.69) is 10.2 Å². The Morgan fingerprint density at radius 1 is 1.37 bits per heavy atom. The molecule has 0 saturated heterocycles. The van der Waals surface area contributed by atoms with E-state index >= 15 is 0 Å². The molecule has 0 spiro atoms. The normalized spacial score (nSPS) is 12.0. The summed E-state index contributed by atoms with van der Waals surface area (Å²) in [6.45, 7) is 0.156. The number of sulfonamides is 1. The standard InChI is InChI=1S/C11H11Cl2N3O2S/c1-16(19(17,18)10-5-14-15-6-10)7-8-2-3-9(12)4-11(8)13/h2-6H,7H2,1H3,(H,14,15). The van der Waals surface area contributed by atoms with Gasteiger partial charge in [-0.05, 0) is 17.7 Å². The average molecular weight is 320 g/mol. The summed E-state index contributed by atoms with van der Waals surface area (Å²) in [4.78, 5) is 0.111. The molecule has 5 nitrogen and oxygen atoms in total. The van der Waals surface area contributed by atoms with Gasteiger partial charge in [-0.25, -0.2) is 8.42 Å². The Labute approximate surface area is 121 Å². The van der Waals surface area contributed by atoms with Crippen molar-refractivity contribution in [2.45, 2.75) is 11.4 Å². The molecule has 0 radical (unpaired) electrons. The molecule has 1 aromatic carbocycles. The number of rotatable bonds is 4. The fourth-order valence-electron chi connectivity index (χ4n) is 1.53. The largest absolute Gasteiger partial charge is 0.284 e. The monoisotopic (exact) mass is 319 g/mol. The number of aromatic nitrogens is 2. The Hall–Kier alpha value is -1.08. The van der Waals surface area contributed by atoms with Crippen molar-refractivity contribution in [2.75, 3.05) is 7.05 Å². The van der Waals surface area contributed by atoms with E-state index < -0.39 is 10.0 Å². The molecule has 1 aromatic heterocycles. The Morgan fingerprint density at radius 2 is 2.11 bits per heavy atom. The molecule has 0 aliphatic heterocycles. The molecule has 1 N–H and O–H groups in total. The SMILES string of the molecule is CN(Cc1ccc(Cl)cc1Cl)S(=O)(=O)c1cn[nH]c1. The van der Waals surface area contributed by atoms with Gasteiger partial charge in [0.25, 0.3) is 0 Å². The van der Waals surface area contributed by atoms with Gasteiger partial charge in [-0.15, -0.1) is 0 Å². The lowest BCUT2D eigenvalue weighted by Gasteiger charge is -2.16. The molecule has 19 heavy (non-hydrogen) atoms. The first-order chi connectivity index (χ1) is 8.91. The van der Waals surface area contributed by atoms with Crippen molar-refractivity contribution in [2.24, 2.45) is 0 Å². The highest BCUT2D eigenvalue weighted by Gasteiger charge is 2.22. The van der Waals surface area contributed by atoms with Crippen LogP contribution in [-0.4, -0.2) is 30.0 Å². The van der Waals surface area contributed by atoms with Gasteiger partial charge in [0, 0.05) is 29.8 Å². The fourth-order valence-corrected chi connectivity index (χ4v) is 3.06. The highest BCUT2D eigenvalue weighted by atomic mass is 35.5. The van der Waals surface area contributed by atoms with E-state index in [-0.39, 0.29) is 11.4 Å². The van der Waals surface area contributed by atoms with Crippen molar-refractivity contribution in [1.82, 2.24) is 14.5 Å². The van der Waals surface area contributed by atoms with Crippen LogP contribution >= 0.6 is 23.2 Å². The summed E-state index contributed by atoms with van der Waals surface area (Å²) in [5.41, 5.74) is 0.681. The van der Waals surface area contributed by atoms with Crippen LogP contribution in [0.3, 0.4) is 0 Å². The maximum Gasteiger partial charge on any atom is 0.246 e. The van der Waals surface area contributed by atoms with Gasteiger partial charge in [-0.2, -0.15) is 9.40 Å². The van der Waals surface area contributed by atoms with Crippen molar-refractivity contribution >= 4 is 33.2 Å². The number of halogens is 2. The summed E-state index contributed by atoms with van der Waals surface area (Å²) in [5.74, 6) is 0. The van der Waals surface area contributed by atoms with Crippen molar-refractivity contribution < 1.29 is 8.42 Å². The predicted octanol–water partition coefficient (Wildman–Crippen LogP) is 2.54. The topological polar surface area (TPSA) is 66.1 Å². The molecule has 8 heteroatoms. The molecule has 0 saturated carbocycles. The highest BCUT2D eigenvalue weighted by Crippen LogP contribution is 2.23. The molecule has 0 aliphatic rings. The summed E-state index contributed by atoms with van der Waals surface area (Å²) in [6.07, 6.45) is 2.59. The van der Waals surface area contributed by atoms with Gasteiger partial charge in [-0.1, -0.05) is 29.3 Å². The van der Waals surface area contributed by atoms with Gasteiger partial charge in [0.15, 0.2) is 0 Å². The maximum atomic E-state index is 12.2. The van der Waals surface area contributed by atoms with Gasteiger partial charge >= 0.3 is 0 Å². The van der Waals surface area contributed by atoms with E-state index in [9.17, 15) is 8.42 Å². The van der Waals surface area contributed by atoms with Crippen molar-refractivity contribution in [1.29, 1.82) is 0 Å². The number of hydrogen-bond donors (Lipinski definition) is 1. The first-order valence-corrected chi connectivity index (χ1v) is 7.50. The van der Waals surface area contributed by atoms with Crippen molar-refractivity contribution in [3.8, 4) is 0 Å². The van der Waals surface area contributed by atoms with E-state index in [0.29, 0.717) is 15.6 Å². The second-order valence-corrected chi connectivity index (χ2v) is 6.82. The zero-order valence-electron chi connectivity index (χ0n) is 9.97. The molecule has 0 unspecified atom stereocenters. The lowest BCUT2D eigenvalue weighted by atomic mass is 10.2. The quantitative estimate of drug-likeness (QED) is 0.941. The third-order valence-corrected chi connectivity index (χ3v) is 4.95. The number of aromatic amines is 1. The van der Waals surface area contributed by atoms with Crippen LogP contribution < -0.4 is 0 Å². The van der Waals surface area contributed by atoms with E-state index in [1.165, 1.54) is 23.7 Å². The lowest BCUT2D eigenvalue weighted by molar-refractivity contribution is 0.467. The minimum absolute atomic E-state index is 0.111. The van der Waals surface area contributed by atoms with Crippen LogP contribution in [0.1, 0.15) is 5.56 Å². The molecular formula is C11H11Cl2N3O2S. The summed E-state index contributed by atoms with van der Waals surface area (Å²) >= 11 is 11.8. The number of nitrogens with one attached hydrogen (secondary N) is 1. The van der Waals surface area contributed by atoms with Crippen LogP contribution in [0.4, 0.5) is 0 Å². The number of nitrogens with zero attached hydrogens (tertiary/aromatic N) is 2. The van der Waals surface area contributed by atoms with Gasteiger partial charge in [0.05, 0.1) is 6.20 Å². The molecule has 2 rings (SSSR count). The third kappa shape index (κ3) is 3.09. The van der Waals surface area contributed by atoms with Gasteiger partial charge in [0.1, 0.15) is 4.90 Å². The van der Waals surface area contributed by atoms with E-state index in [4.69, 9.17) is 23.2 Å². The van der Waals surface area contributed by atoms with Crippen LogP contribution in [0.15, 0.2) is 35.5 Å². The summed E-state index contributed by atoms with van der Waals surface area (Å²) in [6, 6.07) is 4.95. The smallest absolute Gasteiger partial charge is 0.246 e. The number of H-pyrrole nitrogens is 1. The summed E-state index contributed by atoms with van der Waals surface area (Å²) in [7, 11) is -2.09. The minimum atomic E-state index is -3.57. The minimum Gasteiger partial charge on any atom is -0.284 e. The van der Waals surface area contributed by atoms with E-state index in [0.717, 1.165) is 0 Å². The highest BCUT2D eigenvalue weighted by molar-refractivity contribution is 7.89. The first-order valence-electron chi connectivity index (χ1n) is 5.30. The fraction of sp³-hybridized carbons (Fsp3) is 0.182. The Morgan fingerprint density at radius 3 is 2.68 bits per heavy atom. The molecule has 1 heterocycles. The molecule has 0 amide bonds. The number of hydrogen-bond acceptors (Lipinski definition) is 3. The van der Waals surface area contributed by atoms with Crippen LogP contribution in [0.25, 0.3) is 0 Å². The van der Waals surface area contributed by atoms with Crippen LogP contribution in [0.5, 0.6) is 0 Å². The van der Waals surface area contributed by atoms with E-state index in [1.54, 1.807) is 18.2 Å². The number of benzene rings is 1. The van der Waals surface area contributed by atoms with Gasteiger partial charge < -0.3 is 0 Å². The molecule has 0 atom stereocenters. The van der Waals surface area contributed by atoms with Crippen LogP contribution in [0, 0.1) is 0 Å². The second kappa shape index (κ2) is 5.50. The Bertz CT molecular complexity index is 671. The lowest BCUT2D eigenvalue weighted by Crippen LogP contribution is -2.26. The molecule has 0 bridgehead atoms. The Balaban J connectivity index is 2.24. The molecule has 102 valence electrons. The Kier molecular flexibility index (Phi) is 4.15. The molecular weight excluding hydrogens is 309 g/mol. The predicted molar refractivity (Wildman–Crippen MR) is 73.7 cm³/mol. The third-order valence-electron chi connectivity index (χ3n) is 2.59. The zero-order chi connectivity index (χ0) is 14.0. The zero-order valence-corrected chi connectivity index (χ0v) is 12.3. The second-order valence-electron chi connectivity index (χ2n) is 3.93. The maximum absolute atomic E-state index is 12.2. The van der Waals surface area contributed by atoms with Gasteiger partial charge in [-0.3, -0.25) is 5.10 Å². The molecule has 0 fully saturated rings. The van der Waals surface area contributed by atoms with Crippen LogP contribution in [-0.2, 0) is 16.6 Å². The van der Waals surface area contributed by atoms with Crippen molar-refractivity contribution in [3.63, 3.8) is 0 Å². The van der Waals surface area contributed by atoms with E-state index in [1.807, 2.05) is 0 Å². The molecule has 0 aliphatic carbocycles. The first kappa shape index (κ1) is 14.3.